The van der Waals surface area contributed by atoms with Gasteiger partial charge in [-0.25, -0.2) is 0 Å². The average Bonchev–Trinajstić information content (AvgIpc) is 2.70. The third-order valence-corrected chi connectivity index (χ3v) is 4.75. The summed E-state index contributed by atoms with van der Waals surface area (Å²) in [4.78, 5) is 8.97. The third kappa shape index (κ3) is 3.97. The van der Waals surface area contributed by atoms with Crippen LogP contribution in [0.15, 0.2) is 72.8 Å². The summed E-state index contributed by atoms with van der Waals surface area (Å²) < 4.78 is 22.6. The molecule has 0 aliphatic heterocycles. The third-order valence-electron chi connectivity index (χ3n) is 3.99. The van der Waals surface area contributed by atoms with Gasteiger partial charge in [0.15, 0.2) is 0 Å². The molecule has 0 bridgehead atoms. The molecule has 2 heterocycles. The number of pyridine rings is 2. The Labute approximate surface area is 151 Å². The van der Waals surface area contributed by atoms with Crippen LogP contribution in [0.25, 0.3) is 21.8 Å². The van der Waals surface area contributed by atoms with Gasteiger partial charge in [-0.05, 0) is 24.3 Å². The van der Waals surface area contributed by atoms with E-state index in [-0.39, 0.29) is 13.2 Å². The summed E-state index contributed by atoms with van der Waals surface area (Å²) in [5.74, 6) is 0. The van der Waals surface area contributed by atoms with Crippen molar-refractivity contribution in [1.82, 2.24) is 9.97 Å². The number of hydrogen-bond acceptors (Lipinski definition) is 5. The average molecular weight is 364 g/mol. The van der Waals surface area contributed by atoms with Crippen LogP contribution in [0.5, 0.6) is 0 Å². The highest BCUT2D eigenvalue weighted by Gasteiger charge is 2.05. The number of rotatable bonds is 6. The molecule has 0 spiro atoms. The minimum Gasteiger partial charge on any atom is -0.304 e. The lowest BCUT2D eigenvalue weighted by molar-refractivity contribution is 0.209. The van der Waals surface area contributed by atoms with Crippen LogP contribution in [0, 0.1) is 0 Å². The van der Waals surface area contributed by atoms with Crippen molar-refractivity contribution in [3.63, 3.8) is 0 Å². The molecule has 4 aromatic rings. The van der Waals surface area contributed by atoms with Crippen molar-refractivity contribution in [2.75, 3.05) is 0 Å². The molecule has 0 aliphatic rings. The van der Waals surface area contributed by atoms with Crippen molar-refractivity contribution in [2.45, 2.75) is 13.2 Å². The van der Waals surface area contributed by atoms with E-state index in [2.05, 4.69) is 9.97 Å². The van der Waals surface area contributed by atoms with Gasteiger partial charge < -0.3 is 9.05 Å². The minimum atomic E-state index is -2.62. The van der Waals surface area contributed by atoms with Gasteiger partial charge in [-0.1, -0.05) is 48.5 Å². The van der Waals surface area contributed by atoms with Gasteiger partial charge in [-0.3, -0.25) is 14.5 Å². The molecule has 5 nitrogen and oxygen atoms in total. The highest BCUT2D eigenvalue weighted by atomic mass is 31.1. The van der Waals surface area contributed by atoms with E-state index in [4.69, 9.17) is 9.05 Å². The van der Waals surface area contributed by atoms with E-state index in [1.54, 1.807) is 0 Å². The van der Waals surface area contributed by atoms with Crippen LogP contribution in [-0.2, 0) is 26.8 Å². The van der Waals surface area contributed by atoms with Gasteiger partial charge in [-0.2, -0.15) is 0 Å². The Morgan fingerprint density at radius 3 is 1.62 bits per heavy atom. The topological polar surface area (TPSA) is 61.3 Å². The molecule has 0 atom stereocenters. The first-order chi connectivity index (χ1) is 12.8. The second kappa shape index (κ2) is 7.75. The van der Waals surface area contributed by atoms with Crippen LogP contribution in [0.3, 0.4) is 0 Å². The lowest BCUT2D eigenvalue weighted by atomic mass is 10.2. The van der Waals surface area contributed by atoms with E-state index in [9.17, 15) is 4.57 Å². The van der Waals surface area contributed by atoms with Crippen LogP contribution in [0.2, 0.25) is 0 Å². The van der Waals surface area contributed by atoms with Crippen molar-refractivity contribution < 1.29 is 13.6 Å². The summed E-state index contributed by atoms with van der Waals surface area (Å²) in [6.45, 7) is 0.293. The first kappa shape index (κ1) is 16.9. The molecule has 0 amide bonds. The molecule has 0 aliphatic carbocycles. The first-order valence-corrected chi connectivity index (χ1v) is 9.49. The van der Waals surface area contributed by atoms with E-state index in [0.29, 0.717) is 0 Å². The van der Waals surface area contributed by atoms with Crippen molar-refractivity contribution in [3.05, 3.63) is 84.2 Å². The predicted octanol–water partition coefficient (Wildman–Crippen LogP) is 4.91. The Hall–Kier alpha value is -2.59. The number of nitrogens with zero attached hydrogens (tertiary/aromatic N) is 2. The van der Waals surface area contributed by atoms with E-state index < -0.39 is 8.25 Å². The molecule has 0 N–H and O–H groups in total. The Kier molecular flexibility index (Phi) is 5.02. The molecular formula is C20H17N2O3P. The number of benzene rings is 2. The standard InChI is InChI=1S/C20H17N2O3P/c23-26(24-13-17-11-9-15-5-1-3-7-19(15)21-17)25-14-18-12-10-16-6-2-4-8-20(16)22-18/h1-12,26H,13-14H2. The van der Waals surface area contributed by atoms with E-state index in [1.165, 1.54) is 0 Å². The molecule has 0 unspecified atom stereocenters. The number of para-hydroxylation sites is 2. The molecule has 2 aromatic heterocycles. The van der Waals surface area contributed by atoms with Gasteiger partial charge in [0.05, 0.1) is 35.6 Å². The van der Waals surface area contributed by atoms with Gasteiger partial charge in [0.25, 0.3) is 0 Å². The summed E-state index contributed by atoms with van der Waals surface area (Å²) in [5, 5.41) is 2.12. The second-order valence-corrected chi connectivity index (χ2v) is 6.90. The lowest BCUT2D eigenvalue weighted by Gasteiger charge is -2.07. The number of aromatic nitrogens is 2. The van der Waals surface area contributed by atoms with Crippen molar-refractivity contribution >= 4 is 30.1 Å². The summed E-state index contributed by atoms with van der Waals surface area (Å²) in [6, 6.07) is 23.3. The lowest BCUT2D eigenvalue weighted by Crippen LogP contribution is -1.94. The molecular weight excluding hydrogens is 347 g/mol. The van der Waals surface area contributed by atoms with Crippen LogP contribution < -0.4 is 0 Å². The minimum absolute atomic E-state index is 0.147. The van der Waals surface area contributed by atoms with Crippen LogP contribution in [-0.4, -0.2) is 9.97 Å². The molecule has 0 saturated carbocycles. The maximum atomic E-state index is 12.0. The maximum Gasteiger partial charge on any atom is 0.319 e. The summed E-state index contributed by atoms with van der Waals surface area (Å²) in [6.07, 6.45) is 0. The highest BCUT2D eigenvalue weighted by Crippen LogP contribution is 2.27. The smallest absolute Gasteiger partial charge is 0.304 e. The highest BCUT2D eigenvalue weighted by molar-refractivity contribution is 7.33. The van der Waals surface area contributed by atoms with Gasteiger partial charge in [-0.15, -0.1) is 0 Å². The van der Waals surface area contributed by atoms with E-state index >= 15 is 0 Å². The monoisotopic (exact) mass is 364 g/mol. The molecule has 0 fully saturated rings. The summed E-state index contributed by atoms with van der Waals surface area (Å²) >= 11 is 0. The maximum absolute atomic E-state index is 12.0. The van der Waals surface area contributed by atoms with Gasteiger partial charge in [0.1, 0.15) is 0 Å². The van der Waals surface area contributed by atoms with Crippen molar-refractivity contribution in [2.24, 2.45) is 0 Å². The van der Waals surface area contributed by atoms with Gasteiger partial charge >= 0.3 is 8.25 Å². The summed E-state index contributed by atoms with van der Waals surface area (Å²) in [5.41, 5.74) is 3.20. The van der Waals surface area contributed by atoms with Crippen LogP contribution in [0.4, 0.5) is 0 Å². The van der Waals surface area contributed by atoms with E-state index in [1.807, 2.05) is 72.8 Å². The van der Waals surface area contributed by atoms with Crippen molar-refractivity contribution in [1.29, 1.82) is 0 Å². The molecule has 6 heteroatoms. The van der Waals surface area contributed by atoms with Crippen molar-refractivity contribution in [3.8, 4) is 0 Å². The number of fused-ring (bicyclic) bond motifs is 2. The molecule has 2 aromatic carbocycles. The van der Waals surface area contributed by atoms with Gasteiger partial charge in [0.2, 0.25) is 0 Å². The quantitative estimate of drug-likeness (QED) is 0.455. The Morgan fingerprint density at radius 2 is 1.12 bits per heavy atom. The predicted molar refractivity (Wildman–Crippen MR) is 102 cm³/mol. The fourth-order valence-corrected chi connectivity index (χ4v) is 3.30. The van der Waals surface area contributed by atoms with Crippen LogP contribution >= 0.6 is 8.25 Å². The van der Waals surface area contributed by atoms with Gasteiger partial charge in [0, 0.05) is 10.8 Å². The normalized spacial score (nSPS) is 11.4. The Balaban J connectivity index is 1.34. The molecule has 4 rings (SSSR count). The fraction of sp³-hybridized carbons (Fsp3) is 0.100. The Bertz CT molecular complexity index is 999. The molecule has 0 radical (unpaired) electrons. The fourth-order valence-electron chi connectivity index (χ4n) is 2.68. The molecule has 0 saturated heterocycles. The molecule has 130 valence electrons. The SMILES string of the molecule is O=[PH](OCc1ccc2ccccc2n1)OCc1ccc2ccccc2n1. The van der Waals surface area contributed by atoms with Crippen LogP contribution in [0.1, 0.15) is 11.4 Å². The Morgan fingerprint density at radius 1 is 0.654 bits per heavy atom. The number of hydrogen-bond donors (Lipinski definition) is 0. The second-order valence-electron chi connectivity index (χ2n) is 5.82. The summed E-state index contributed by atoms with van der Waals surface area (Å²) in [7, 11) is -2.62. The van der Waals surface area contributed by atoms with E-state index in [0.717, 1.165) is 33.2 Å². The molecule has 26 heavy (non-hydrogen) atoms. The zero-order valence-electron chi connectivity index (χ0n) is 14.0. The first-order valence-electron chi connectivity index (χ1n) is 8.27. The zero-order valence-corrected chi connectivity index (χ0v) is 15.0. The largest absolute Gasteiger partial charge is 0.319 e. The zero-order chi connectivity index (χ0) is 17.8.